The SMILES string of the molecule is N#Cc1[nH]ncc1C(O)C(O)CO. The molecule has 0 aromatic carbocycles. The van der Waals surface area contributed by atoms with Crippen molar-refractivity contribution in [1.82, 2.24) is 10.2 Å². The minimum absolute atomic E-state index is 0.0833. The van der Waals surface area contributed by atoms with Crippen molar-refractivity contribution in [2.24, 2.45) is 0 Å². The van der Waals surface area contributed by atoms with Crippen LogP contribution in [-0.4, -0.2) is 38.2 Å². The van der Waals surface area contributed by atoms with E-state index < -0.39 is 18.8 Å². The van der Waals surface area contributed by atoms with Crippen LogP contribution in [0.5, 0.6) is 0 Å². The Morgan fingerprint density at radius 1 is 1.62 bits per heavy atom. The molecule has 0 radical (unpaired) electrons. The van der Waals surface area contributed by atoms with Crippen molar-refractivity contribution in [2.45, 2.75) is 12.2 Å². The number of aromatic amines is 1. The summed E-state index contributed by atoms with van der Waals surface area (Å²) in [5.41, 5.74) is 0.268. The van der Waals surface area contributed by atoms with Crippen molar-refractivity contribution in [3.63, 3.8) is 0 Å². The van der Waals surface area contributed by atoms with Crippen molar-refractivity contribution in [3.05, 3.63) is 17.5 Å². The van der Waals surface area contributed by atoms with Crippen LogP contribution in [0.2, 0.25) is 0 Å². The number of nitriles is 1. The Morgan fingerprint density at radius 3 is 2.85 bits per heavy atom. The van der Waals surface area contributed by atoms with Gasteiger partial charge in [-0.2, -0.15) is 10.4 Å². The number of hydrogen-bond donors (Lipinski definition) is 4. The van der Waals surface area contributed by atoms with E-state index in [9.17, 15) is 5.11 Å². The molecule has 1 aromatic rings. The molecule has 0 saturated heterocycles. The number of rotatable bonds is 3. The lowest BCUT2D eigenvalue weighted by Crippen LogP contribution is -2.22. The molecule has 1 rings (SSSR count). The molecular weight excluding hydrogens is 174 g/mol. The van der Waals surface area contributed by atoms with E-state index in [1.54, 1.807) is 6.07 Å². The van der Waals surface area contributed by atoms with E-state index in [1.165, 1.54) is 6.20 Å². The van der Waals surface area contributed by atoms with Gasteiger partial charge < -0.3 is 15.3 Å². The fourth-order valence-electron chi connectivity index (χ4n) is 0.916. The van der Waals surface area contributed by atoms with Gasteiger partial charge in [-0.15, -0.1) is 0 Å². The van der Waals surface area contributed by atoms with Gasteiger partial charge in [0.25, 0.3) is 0 Å². The summed E-state index contributed by atoms with van der Waals surface area (Å²) < 4.78 is 0. The van der Waals surface area contributed by atoms with Crippen LogP contribution in [-0.2, 0) is 0 Å². The number of nitrogens with zero attached hydrogens (tertiary/aromatic N) is 2. The number of hydrogen-bond acceptors (Lipinski definition) is 5. The normalized spacial score (nSPS) is 14.9. The third-order valence-electron chi connectivity index (χ3n) is 1.65. The molecule has 0 amide bonds. The van der Waals surface area contributed by atoms with E-state index in [1.807, 2.05) is 0 Å². The van der Waals surface area contributed by atoms with Gasteiger partial charge >= 0.3 is 0 Å². The Bertz CT molecular complexity index is 317. The van der Waals surface area contributed by atoms with E-state index in [0.29, 0.717) is 0 Å². The molecule has 6 nitrogen and oxygen atoms in total. The second-order valence-corrected chi connectivity index (χ2v) is 2.51. The largest absolute Gasteiger partial charge is 0.394 e. The zero-order valence-corrected chi connectivity index (χ0v) is 6.68. The maximum Gasteiger partial charge on any atom is 0.141 e. The van der Waals surface area contributed by atoms with Crippen molar-refractivity contribution in [2.75, 3.05) is 6.61 Å². The van der Waals surface area contributed by atoms with Crippen LogP contribution in [0, 0.1) is 11.3 Å². The second-order valence-electron chi connectivity index (χ2n) is 2.51. The summed E-state index contributed by atoms with van der Waals surface area (Å²) in [6.45, 7) is -0.572. The van der Waals surface area contributed by atoms with Gasteiger partial charge in [0.05, 0.1) is 12.8 Å². The molecule has 0 aliphatic carbocycles. The zero-order chi connectivity index (χ0) is 9.84. The lowest BCUT2D eigenvalue weighted by Gasteiger charge is -2.13. The number of nitrogens with one attached hydrogen (secondary N) is 1. The quantitative estimate of drug-likeness (QED) is 0.463. The molecule has 2 unspecified atom stereocenters. The van der Waals surface area contributed by atoms with Crippen LogP contribution in [0.15, 0.2) is 6.20 Å². The lowest BCUT2D eigenvalue weighted by atomic mass is 10.1. The Balaban J connectivity index is 2.89. The molecular formula is C7H9N3O3. The van der Waals surface area contributed by atoms with E-state index in [4.69, 9.17) is 15.5 Å². The Labute approximate surface area is 74.1 Å². The molecule has 70 valence electrons. The molecule has 0 saturated carbocycles. The molecule has 0 spiro atoms. The molecule has 4 N–H and O–H groups in total. The summed E-state index contributed by atoms with van der Waals surface area (Å²) >= 11 is 0. The predicted molar refractivity (Wildman–Crippen MR) is 41.4 cm³/mol. The molecule has 1 aromatic heterocycles. The first-order valence-corrected chi connectivity index (χ1v) is 3.61. The molecule has 0 fully saturated rings. The topological polar surface area (TPSA) is 113 Å². The average molecular weight is 183 g/mol. The molecule has 6 heteroatoms. The standard InChI is InChI=1S/C7H9N3O3/c8-1-5-4(2-9-10-5)7(13)6(12)3-11/h2,6-7,11-13H,3H2,(H,9,10). The molecule has 0 aliphatic rings. The summed E-state index contributed by atoms with van der Waals surface area (Å²) in [6, 6.07) is 1.76. The van der Waals surface area contributed by atoms with E-state index >= 15 is 0 Å². The zero-order valence-electron chi connectivity index (χ0n) is 6.68. The maximum atomic E-state index is 9.37. The maximum absolute atomic E-state index is 9.37. The highest BCUT2D eigenvalue weighted by Crippen LogP contribution is 2.18. The van der Waals surface area contributed by atoms with Crippen molar-refractivity contribution < 1.29 is 15.3 Å². The van der Waals surface area contributed by atoms with Gasteiger partial charge in [0.15, 0.2) is 0 Å². The first kappa shape index (κ1) is 9.67. The summed E-state index contributed by atoms with van der Waals surface area (Å²) in [5, 5.41) is 41.4. The van der Waals surface area contributed by atoms with Gasteiger partial charge in [-0.25, -0.2) is 0 Å². The van der Waals surface area contributed by atoms with Crippen LogP contribution in [0.3, 0.4) is 0 Å². The summed E-state index contributed by atoms with van der Waals surface area (Å²) in [7, 11) is 0. The average Bonchev–Trinajstić information content (AvgIpc) is 2.62. The molecule has 1 heterocycles. The van der Waals surface area contributed by atoms with Crippen LogP contribution >= 0.6 is 0 Å². The van der Waals surface area contributed by atoms with Crippen molar-refractivity contribution >= 4 is 0 Å². The number of aromatic nitrogens is 2. The van der Waals surface area contributed by atoms with Crippen LogP contribution < -0.4 is 0 Å². The van der Waals surface area contributed by atoms with Gasteiger partial charge in [-0.05, 0) is 0 Å². The first-order valence-electron chi connectivity index (χ1n) is 3.61. The van der Waals surface area contributed by atoms with Crippen molar-refractivity contribution in [1.29, 1.82) is 5.26 Å². The van der Waals surface area contributed by atoms with Gasteiger partial charge in [0, 0.05) is 5.56 Å². The van der Waals surface area contributed by atoms with Crippen LogP contribution in [0.1, 0.15) is 17.4 Å². The number of H-pyrrole nitrogens is 1. The van der Waals surface area contributed by atoms with Crippen LogP contribution in [0.4, 0.5) is 0 Å². The van der Waals surface area contributed by atoms with E-state index in [-0.39, 0.29) is 11.3 Å². The number of aliphatic hydroxyl groups excluding tert-OH is 3. The third-order valence-corrected chi connectivity index (χ3v) is 1.65. The minimum atomic E-state index is -1.30. The summed E-state index contributed by atoms with van der Waals surface area (Å²) in [6.07, 6.45) is -1.36. The Morgan fingerprint density at radius 2 is 2.31 bits per heavy atom. The van der Waals surface area contributed by atoms with Gasteiger partial charge in [-0.3, -0.25) is 5.10 Å². The van der Waals surface area contributed by atoms with E-state index in [2.05, 4.69) is 10.2 Å². The third kappa shape index (κ3) is 1.84. The highest BCUT2D eigenvalue weighted by molar-refractivity contribution is 5.30. The predicted octanol–water partition coefficient (Wildman–Crippen LogP) is -1.33. The molecule has 0 aliphatic heterocycles. The van der Waals surface area contributed by atoms with Gasteiger partial charge in [0.2, 0.25) is 0 Å². The molecule has 13 heavy (non-hydrogen) atoms. The fourth-order valence-corrected chi connectivity index (χ4v) is 0.916. The fraction of sp³-hybridized carbons (Fsp3) is 0.429. The van der Waals surface area contributed by atoms with Gasteiger partial charge in [0.1, 0.15) is 24.0 Å². The molecule has 2 atom stereocenters. The van der Waals surface area contributed by atoms with Crippen LogP contribution in [0.25, 0.3) is 0 Å². The smallest absolute Gasteiger partial charge is 0.141 e. The Kier molecular flexibility index (Phi) is 2.97. The van der Waals surface area contributed by atoms with Gasteiger partial charge in [-0.1, -0.05) is 0 Å². The lowest BCUT2D eigenvalue weighted by molar-refractivity contribution is -0.0153. The number of aliphatic hydroxyl groups is 3. The first-order chi connectivity index (χ1) is 6.20. The highest BCUT2D eigenvalue weighted by Gasteiger charge is 2.21. The monoisotopic (exact) mass is 183 g/mol. The molecule has 0 bridgehead atoms. The van der Waals surface area contributed by atoms with E-state index in [0.717, 1.165) is 0 Å². The summed E-state index contributed by atoms with van der Waals surface area (Å²) in [5.74, 6) is 0. The summed E-state index contributed by atoms with van der Waals surface area (Å²) in [4.78, 5) is 0. The minimum Gasteiger partial charge on any atom is -0.394 e. The highest BCUT2D eigenvalue weighted by atomic mass is 16.4. The second kappa shape index (κ2) is 4.00. The Hall–Kier alpha value is -1.42. The van der Waals surface area contributed by atoms with Crippen molar-refractivity contribution in [3.8, 4) is 6.07 Å².